The predicted octanol–water partition coefficient (Wildman–Crippen LogP) is 1.57. The van der Waals surface area contributed by atoms with Gasteiger partial charge in [0.1, 0.15) is 24.9 Å². The summed E-state index contributed by atoms with van der Waals surface area (Å²) in [6, 6.07) is 0. The Morgan fingerprint density at radius 3 is 2.39 bits per heavy atom. The van der Waals surface area contributed by atoms with Crippen molar-refractivity contribution in [1.29, 1.82) is 0 Å². The average molecular weight is 537 g/mol. The minimum absolute atomic E-state index is 0.0291. The van der Waals surface area contributed by atoms with E-state index in [0.717, 1.165) is 38.5 Å². The lowest BCUT2D eigenvalue weighted by molar-refractivity contribution is -0.310. The lowest BCUT2D eigenvalue weighted by atomic mass is 9.42. The second-order valence-electron chi connectivity index (χ2n) is 13.6. The summed E-state index contributed by atoms with van der Waals surface area (Å²) in [4.78, 5) is 11.8. The number of hydrogen-bond donors (Lipinski definition) is 5. The average Bonchev–Trinajstić information content (AvgIpc) is 3.41. The van der Waals surface area contributed by atoms with Gasteiger partial charge in [-0.3, -0.25) is 0 Å². The van der Waals surface area contributed by atoms with Crippen molar-refractivity contribution < 1.29 is 44.5 Å². The molecule has 2 aliphatic heterocycles. The van der Waals surface area contributed by atoms with Gasteiger partial charge in [-0.1, -0.05) is 13.8 Å². The van der Waals surface area contributed by atoms with Crippen molar-refractivity contribution in [2.45, 2.75) is 127 Å². The minimum atomic E-state index is -1.31. The van der Waals surface area contributed by atoms with E-state index in [1.165, 1.54) is 6.08 Å². The van der Waals surface area contributed by atoms with Gasteiger partial charge in [-0.2, -0.15) is 0 Å². The summed E-state index contributed by atoms with van der Waals surface area (Å²) in [5.41, 5.74) is -2.34. The molecule has 38 heavy (non-hydrogen) atoms. The standard InChI is InChI=1S/C29H44O9/c1-15-22(31)23(32)24(33)25(37-15)38-18-6-8-26(2)16(12-18)4-5-20-19(26)7-9-27(3)28(34,10-11-29(20,27)35)17-13-21(30)36-14-17/h13,15-16,18-20,22-25,31-35H,4-12,14H2,1-3H3/t15-,16+,18+,19+,20-,22-,23-,24-,25+,26+,27-,28-,29+/m1/s1. The number of esters is 1. The molecule has 0 amide bonds. The van der Waals surface area contributed by atoms with Crippen LogP contribution in [0.5, 0.6) is 0 Å². The minimum Gasteiger partial charge on any atom is -0.458 e. The molecule has 2 heterocycles. The van der Waals surface area contributed by atoms with Crippen molar-refractivity contribution in [1.82, 2.24) is 0 Å². The molecule has 0 aromatic heterocycles. The second kappa shape index (κ2) is 8.96. The fourth-order valence-corrected chi connectivity index (χ4v) is 9.77. The zero-order valence-electron chi connectivity index (χ0n) is 22.7. The van der Waals surface area contributed by atoms with Gasteiger partial charge in [-0.15, -0.1) is 0 Å². The van der Waals surface area contributed by atoms with Crippen LogP contribution in [-0.2, 0) is 19.0 Å². The Labute approximate surface area is 224 Å². The summed E-state index contributed by atoms with van der Waals surface area (Å²) in [7, 11) is 0. The molecular formula is C29H44O9. The van der Waals surface area contributed by atoms with Crippen LogP contribution in [0, 0.1) is 28.6 Å². The molecule has 214 valence electrons. The number of carbonyl (C=O) groups is 1. The quantitative estimate of drug-likeness (QED) is 0.268. The number of cyclic esters (lactones) is 1. The third kappa shape index (κ3) is 3.58. The fourth-order valence-electron chi connectivity index (χ4n) is 9.77. The lowest BCUT2D eigenvalue weighted by Crippen LogP contribution is -2.65. The van der Waals surface area contributed by atoms with Crippen LogP contribution in [0.25, 0.3) is 0 Å². The Bertz CT molecular complexity index is 1000. The highest BCUT2D eigenvalue weighted by atomic mass is 16.7. The van der Waals surface area contributed by atoms with Crippen LogP contribution in [-0.4, -0.2) is 86.1 Å². The van der Waals surface area contributed by atoms with Gasteiger partial charge in [-0.25, -0.2) is 4.79 Å². The van der Waals surface area contributed by atoms with Crippen molar-refractivity contribution in [3.8, 4) is 0 Å². The Kier molecular flexibility index (Phi) is 6.40. The number of aliphatic hydroxyl groups is 5. The van der Waals surface area contributed by atoms with Gasteiger partial charge in [-0.05, 0) is 87.9 Å². The fraction of sp³-hybridized carbons (Fsp3) is 0.897. The molecule has 4 saturated carbocycles. The van der Waals surface area contributed by atoms with Gasteiger partial charge in [0.2, 0.25) is 0 Å². The van der Waals surface area contributed by atoms with E-state index in [0.29, 0.717) is 36.7 Å². The van der Waals surface area contributed by atoms with E-state index in [4.69, 9.17) is 14.2 Å². The SMILES string of the molecule is C[C@H]1O[C@@H](O[C@H]2CC[C@@]3(C)[C@@H](CC[C@@H]4[C@@H]3CC[C@]3(C)[C@](O)(C5=CC(=O)OC5)CC[C@]43O)C2)[C@H](O)[C@H](O)[C@@H]1O. The van der Waals surface area contributed by atoms with Crippen LogP contribution in [0.4, 0.5) is 0 Å². The van der Waals surface area contributed by atoms with Gasteiger partial charge in [0.15, 0.2) is 6.29 Å². The Hall–Kier alpha value is -1.07. The van der Waals surface area contributed by atoms with Gasteiger partial charge in [0.25, 0.3) is 0 Å². The number of carbonyl (C=O) groups excluding carboxylic acids is 1. The van der Waals surface area contributed by atoms with E-state index in [-0.39, 0.29) is 24.0 Å². The first kappa shape index (κ1) is 27.1. The first-order valence-electron chi connectivity index (χ1n) is 14.5. The van der Waals surface area contributed by atoms with E-state index in [1.54, 1.807) is 6.92 Å². The van der Waals surface area contributed by atoms with Crippen LogP contribution in [0.3, 0.4) is 0 Å². The van der Waals surface area contributed by atoms with E-state index >= 15 is 0 Å². The molecular weight excluding hydrogens is 492 g/mol. The molecule has 9 nitrogen and oxygen atoms in total. The number of fused-ring (bicyclic) bond motifs is 5. The maximum atomic E-state index is 12.4. The van der Waals surface area contributed by atoms with Crippen molar-refractivity contribution in [3.05, 3.63) is 11.6 Å². The molecule has 5 fully saturated rings. The maximum Gasteiger partial charge on any atom is 0.331 e. The first-order valence-corrected chi connectivity index (χ1v) is 14.5. The van der Waals surface area contributed by atoms with E-state index in [9.17, 15) is 30.3 Å². The highest BCUT2D eigenvalue weighted by Gasteiger charge is 2.72. The third-order valence-electron chi connectivity index (χ3n) is 12.3. The molecule has 0 aromatic carbocycles. The van der Waals surface area contributed by atoms with Crippen LogP contribution in [0.2, 0.25) is 0 Å². The molecule has 0 radical (unpaired) electrons. The van der Waals surface area contributed by atoms with Crippen molar-refractivity contribution >= 4 is 5.97 Å². The summed E-state index contributed by atoms with van der Waals surface area (Å²) in [6.45, 7) is 6.14. The first-order chi connectivity index (χ1) is 17.8. The summed E-state index contributed by atoms with van der Waals surface area (Å²) < 4.78 is 17.0. The van der Waals surface area contributed by atoms with Gasteiger partial charge < -0.3 is 39.7 Å². The van der Waals surface area contributed by atoms with Crippen molar-refractivity contribution in [2.75, 3.05) is 6.61 Å². The van der Waals surface area contributed by atoms with E-state index in [1.807, 2.05) is 6.92 Å². The molecule has 9 heteroatoms. The van der Waals surface area contributed by atoms with Gasteiger partial charge >= 0.3 is 5.97 Å². The largest absolute Gasteiger partial charge is 0.458 e. The smallest absolute Gasteiger partial charge is 0.331 e. The topological polar surface area (TPSA) is 146 Å². The molecule has 1 saturated heterocycles. The van der Waals surface area contributed by atoms with Gasteiger partial charge in [0.05, 0.1) is 23.4 Å². The highest BCUT2D eigenvalue weighted by Crippen LogP contribution is 2.71. The Morgan fingerprint density at radius 2 is 1.68 bits per heavy atom. The molecule has 13 atom stereocenters. The number of rotatable bonds is 3. The lowest BCUT2D eigenvalue weighted by Gasteiger charge is -2.64. The number of hydrogen-bond acceptors (Lipinski definition) is 9. The molecule has 4 aliphatic carbocycles. The zero-order chi connectivity index (χ0) is 27.3. The predicted molar refractivity (Wildman–Crippen MR) is 134 cm³/mol. The molecule has 6 aliphatic rings. The van der Waals surface area contributed by atoms with E-state index in [2.05, 4.69) is 6.92 Å². The van der Waals surface area contributed by atoms with Crippen LogP contribution < -0.4 is 0 Å². The summed E-state index contributed by atoms with van der Waals surface area (Å²) in [5, 5.41) is 54.9. The number of ether oxygens (including phenoxy) is 3. The van der Waals surface area contributed by atoms with Crippen LogP contribution in [0.15, 0.2) is 11.6 Å². The molecule has 6 rings (SSSR count). The normalized spacial score (nSPS) is 56.5. The van der Waals surface area contributed by atoms with Crippen LogP contribution in [0.1, 0.15) is 78.6 Å². The monoisotopic (exact) mass is 536 g/mol. The van der Waals surface area contributed by atoms with E-state index < -0.39 is 53.3 Å². The molecule has 0 unspecified atom stereocenters. The summed E-state index contributed by atoms with van der Waals surface area (Å²) in [6.07, 6.45) is 2.89. The Balaban J connectivity index is 1.18. The molecule has 0 aromatic rings. The molecule has 0 bridgehead atoms. The Morgan fingerprint density at radius 1 is 0.921 bits per heavy atom. The highest BCUT2D eigenvalue weighted by molar-refractivity contribution is 5.86. The van der Waals surface area contributed by atoms with Crippen LogP contribution >= 0.6 is 0 Å². The molecule has 5 N–H and O–H groups in total. The van der Waals surface area contributed by atoms with Gasteiger partial charge in [0, 0.05) is 17.1 Å². The third-order valence-corrected chi connectivity index (χ3v) is 12.3. The van der Waals surface area contributed by atoms with Crippen molar-refractivity contribution in [3.63, 3.8) is 0 Å². The number of aliphatic hydroxyl groups excluding tert-OH is 3. The molecule has 0 spiro atoms. The summed E-state index contributed by atoms with van der Waals surface area (Å²) >= 11 is 0. The summed E-state index contributed by atoms with van der Waals surface area (Å²) in [5.74, 6) is 0.382. The second-order valence-corrected chi connectivity index (χ2v) is 13.6. The van der Waals surface area contributed by atoms with Crippen molar-refractivity contribution in [2.24, 2.45) is 28.6 Å². The zero-order valence-corrected chi connectivity index (χ0v) is 22.7. The maximum absolute atomic E-state index is 12.4.